The van der Waals surface area contributed by atoms with Crippen molar-refractivity contribution in [2.45, 2.75) is 12.5 Å². The number of hydrogen-bond donors (Lipinski definition) is 1. The Morgan fingerprint density at radius 1 is 1.18 bits per heavy atom. The Morgan fingerprint density at radius 2 is 1.82 bits per heavy atom. The van der Waals surface area contributed by atoms with Gasteiger partial charge in [0.25, 0.3) is 0 Å². The molecule has 5 heteroatoms. The number of halogens is 3. The fraction of sp³-hybridized carbons (Fsp3) is 0.167. The number of aliphatic hydroxyl groups excluding tert-OH is 1. The van der Waals surface area contributed by atoms with Crippen molar-refractivity contribution in [1.82, 2.24) is 0 Å². The average Bonchev–Trinajstić information content (AvgIpc) is 2.70. The van der Waals surface area contributed by atoms with Crippen LogP contribution in [0, 0.1) is 0 Å². The van der Waals surface area contributed by atoms with Gasteiger partial charge in [0.2, 0.25) is 0 Å². The predicted octanol–water partition coefficient (Wildman–Crippen LogP) is 5.09. The molecule has 1 aromatic carbocycles. The number of rotatable bonds is 3. The van der Waals surface area contributed by atoms with Gasteiger partial charge in [-0.1, -0.05) is 29.3 Å². The van der Waals surface area contributed by atoms with Gasteiger partial charge in [-0.15, -0.1) is 11.3 Å². The minimum Gasteiger partial charge on any atom is -0.387 e. The van der Waals surface area contributed by atoms with Crippen LogP contribution >= 0.6 is 50.5 Å². The molecule has 0 spiro atoms. The normalized spacial score (nSPS) is 12.7. The SMILES string of the molecule is OC(Cc1c(Cl)cccc1Cl)c1ccc(Br)s1. The fourth-order valence-electron chi connectivity index (χ4n) is 1.53. The van der Waals surface area contributed by atoms with Gasteiger partial charge in [0.15, 0.2) is 0 Å². The van der Waals surface area contributed by atoms with Crippen LogP contribution in [0.25, 0.3) is 0 Å². The van der Waals surface area contributed by atoms with Gasteiger partial charge < -0.3 is 5.11 Å². The molecule has 1 N–H and O–H groups in total. The van der Waals surface area contributed by atoms with E-state index in [1.807, 2.05) is 12.1 Å². The van der Waals surface area contributed by atoms with E-state index < -0.39 is 6.10 Å². The Hall–Kier alpha value is -0.0600. The molecule has 1 aromatic heterocycles. The molecular formula is C12H9BrCl2OS. The molecule has 0 saturated carbocycles. The summed E-state index contributed by atoms with van der Waals surface area (Å²) in [6, 6.07) is 9.16. The summed E-state index contributed by atoms with van der Waals surface area (Å²) in [6.45, 7) is 0. The third-order valence-electron chi connectivity index (χ3n) is 2.38. The summed E-state index contributed by atoms with van der Waals surface area (Å²) in [5.41, 5.74) is 0.785. The third kappa shape index (κ3) is 3.24. The first-order valence-electron chi connectivity index (χ1n) is 4.94. The molecule has 2 aromatic rings. The summed E-state index contributed by atoms with van der Waals surface area (Å²) in [6.07, 6.45) is -0.158. The van der Waals surface area contributed by atoms with Crippen LogP contribution in [0.1, 0.15) is 16.5 Å². The van der Waals surface area contributed by atoms with Crippen molar-refractivity contribution in [1.29, 1.82) is 0 Å². The first-order valence-corrected chi connectivity index (χ1v) is 7.30. The van der Waals surface area contributed by atoms with Crippen molar-refractivity contribution >= 4 is 50.5 Å². The summed E-state index contributed by atoms with van der Waals surface area (Å²) < 4.78 is 0.997. The van der Waals surface area contributed by atoms with Crippen molar-refractivity contribution in [2.24, 2.45) is 0 Å². The van der Waals surface area contributed by atoms with Gasteiger partial charge in [0.05, 0.1) is 9.89 Å². The summed E-state index contributed by atoms with van der Waals surface area (Å²) >= 11 is 17.0. The molecular weight excluding hydrogens is 343 g/mol. The van der Waals surface area contributed by atoms with E-state index in [9.17, 15) is 5.11 Å². The fourth-order valence-corrected chi connectivity index (χ4v) is 3.49. The summed E-state index contributed by atoms with van der Waals surface area (Å²) in [5, 5.41) is 11.3. The van der Waals surface area contributed by atoms with E-state index in [1.165, 1.54) is 11.3 Å². The average molecular weight is 352 g/mol. The van der Waals surface area contributed by atoms with Crippen LogP contribution in [0.4, 0.5) is 0 Å². The minimum absolute atomic E-state index is 0.422. The molecule has 1 unspecified atom stereocenters. The Labute approximate surface area is 122 Å². The van der Waals surface area contributed by atoms with E-state index in [0.717, 1.165) is 14.2 Å². The molecule has 0 amide bonds. The van der Waals surface area contributed by atoms with Gasteiger partial charge in [-0.05, 0) is 45.8 Å². The van der Waals surface area contributed by atoms with Gasteiger partial charge >= 0.3 is 0 Å². The molecule has 2 rings (SSSR count). The zero-order valence-corrected chi connectivity index (χ0v) is 12.6. The molecule has 0 fully saturated rings. The van der Waals surface area contributed by atoms with E-state index in [4.69, 9.17) is 23.2 Å². The van der Waals surface area contributed by atoms with Crippen LogP contribution in [0.15, 0.2) is 34.1 Å². The van der Waals surface area contributed by atoms with Crippen LogP contribution in [-0.4, -0.2) is 5.11 Å². The quantitative estimate of drug-likeness (QED) is 0.816. The monoisotopic (exact) mass is 350 g/mol. The second-order valence-electron chi connectivity index (χ2n) is 3.56. The molecule has 1 heterocycles. The van der Waals surface area contributed by atoms with Crippen LogP contribution in [0.5, 0.6) is 0 Å². The summed E-state index contributed by atoms with van der Waals surface area (Å²) in [7, 11) is 0. The molecule has 90 valence electrons. The van der Waals surface area contributed by atoms with Crippen LogP contribution < -0.4 is 0 Å². The zero-order valence-electron chi connectivity index (χ0n) is 8.66. The lowest BCUT2D eigenvalue weighted by Crippen LogP contribution is -2.00. The lowest BCUT2D eigenvalue weighted by Gasteiger charge is -2.11. The Kier molecular flexibility index (Phi) is 4.50. The largest absolute Gasteiger partial charge is 0.387 e. The van der Waals surface area contributed by atoms with E-state index in [2.05, 4.69) is 15.9 Å². The molecule has 0 aliphatic heterocycles. The third-order valence-corrected chi connectivity index (χ3v) is 4.81. The van der Waals surface area contributed by atoms with Gasteiger partial charge in [-0.25, -0.2) is 0 Å². The molecule has 0 aliphatic rings. The van der Waals surface area contributed by atoms with Crippen molar-refractivity contribution in [3.05, 3.63) is 54.6 Å². The van der Waals surface area contributed by atoms with Gasteiger partial charge in [0, 0.05) is 21.3 Å². The molecule has 17 heavy (non-hydrogen) atoms. The van der Waals surface area contributed by atoms with E-state index in [0.29, 0.717) is 16.5 Å². The lowest BCUT2D eigenvalue weighted by atomic mass is 10.1. The second kappa shape index (κ2) is 5.72. The Balaban J connectivity index is 2.21. The van der Waals surface area contributed by atoms with Gasteiger partial charge in [0.1, 0.15) is 0 Å². The lowest BCUT2D eigenvalue weighted by molar-refractivity contribution is 0.182. The molecule has 0 bridgehead atoms. The van der Waals surface area contributed by atoms with Crippen molar-refractivity contribution in [3.63, 3.8) is 0 Å². The highest BCUT2D eigenvalue weighted by Crippen LogP contribution is 2.33. The Bertz CT molecular complexity index is 507. The highest BCUT2D eigenvalue weighted by Gasteiger charge is 2.15. The second-order valence-corrected chi connectivity index (χ2v) is 6.87. The van der Waals surface area contributed by atoms with Gasteiger partial charge in [-0.2, -0.15) is 0 Å². The smallest absolute Gasteiger partial charge is 0.0923 e. The van der Waals surface area contributed by atoms with E-state index >= 15 is 0 Å². The highest BCUT2D eigenvalue weighted by molar-refractivity contribution is 9.11. The standard InChI is InChI=1S/C12H9BrCl2OS/c13-12-5-4-11(17-12)10(16)6-7-8(14)2-1-3-9(7)15/h1-5,10,16H,6H2. The number of hydrogen-bond acceptors (Lipinski definition) is 2. The van der Waals surface area contributed by atoms with Crippen LogP contribution in [0.2, 0.25) is 10.0 Å². The van der Waals surface area contributed by atoms with E-state index in [1.54, 1.807) is 18.2 Å². The molecule has 1 nitrogen and oxygen atoms in total. The topological polar surface area (TPSA) is 20.2 Å². The zero-order chi connectivity index (χ0) is 12.4. The van der Waals surface area contributed by atoms with Crippen molar-refractivity contribution < 1.29 is 5.11 Å². The predicted molar refractivity (Wildman–Crippen MR) is 77.1 cm³/mol. The highest BCUT2D eigenvalue weighted by atomic mass is 79.9. The van der Waals surface area contributed by atoms with Crippen molar-refractivity contribution in [3.8, 4) is 0 Å². The number of benzene rings is 1. The number of aliphatic hydroxyl groups is 1. The maximum absolute atomic E-state index is 10.1. The first kappa shape index (κ1) is 13.4. The summed E-state index contributed by atoms with van der Waals surface area (Å²) in [5.74, 6) is 0. The first-order chi connectivity index (χ1) is 8.08. The number of thiophene rings is 1. The molecule has 0 saturated heterocycles. The van der Waals surface area contributed by atoms with Gasteiger partial charge in [-0.3, -0.25) is 0 Å². The van der Waals surface area contributed by atoms with Crippen LogP contribution in [-0.2, 0) is 6.42 Å². The summed E-state index contributed by atoms with van der Waals surface area (Å²) in [4.78, 5) is 0.896. The maximum Gasteiger partial charge on any atom is 0.0923 e. The molecule has 0 radical (unpaired) electrons. The maximum atomic E-state index is 10.1. The van der Waals surface area contributed by atoms with E-state index in [-0.39, 0.29) is 0 Å². The minimum atomic E-state index is -0.580. The molecule has 0 aliphatic carbocycles. The molecule has 1 atom stereocenters. The van der Waals surface area contributed by atoms with Crippen LogP contribution in [0.3, 0.4) is 0 Å². The Morgan fingerprint density at radius 3 is 2.35 bits per heavy atom. The van der Waals surface area contributed by atoms with Crippen molar-refractivity contribution in [2.75, 3.05) is 0 Å².